The molecular formula is C23H32ClNO3. The Morgan fingerprint density at radius 2 is 2.07 bits per heavy atom. The summed E-state index contributed by atoms with van der Waals surface area (Å²) < 4.78 is 5.49. The molecule has 1 amide bonds. The topological polar surface area (TPSA) is 46.6 Å². The molecule has 0 radical (unpaired) electrons. The number of carbonyl (C=O) groups is 2. The molecule has 1 aromatic carbocycles. The third kappa shape index (κ3) is 4.96. The van der Waals surface area contributed by atoms with E-state index in [4.69, 9.17) is 16.3 Å². The van der Waals surface area contributed by atoms with Crippen LogP contribution in [0.5, 0.6) is 0 Å². The summed E-state index contributed by atoms with van der Waals surface area (Å²) in [5, 5.41) is 0.653. The average molecular weight is 406 g/mol. The van der Waals surface area contributed by atoms with E-state index < -0.39 is 11.5 Å². The van der Waals surface area contributed by atoms with Gasteiger partial charge >= 0.3 is 5.97 Å². The first-order valence-corrected chi connectivity index (χ1v) is 10.6. The summed E-state index contributed by atoms with van der Waals surface area (Å²) in [7, 11) is 0. The Balaban J connectivity index is 2.38. The molecule has 28 heavy (non-hydrogen) atoms. The monoisotopic (exact) mass is 405 g/mol. The fourth-order valence-corrected chi connectivity index (χ4v) is 4.05. The van der Waals surface area contributed by atoms with Crippen molar-refractivity contribution in [2.45, 2.75) is 71.4 Å². The highest BCUT2D eigenvalue weighted by Crippen LogP contribution is 2.44. The lowest BCUT2D eigenvalue weighted by Gasteiger charge is -2.47. The first-order chi connectivity index (χ1) is 13.4. The number of halogens is 1. The predicted octanol–water partition coefficient (Wildman–Crippen LogP) is 5.71. The summed E-state index contributed by atoms with van der Waals surface area (Å²) in [5.41, 5.74) is 0.458. The van der Waals surface area contributed by atoms with Gasteiger partial charge in [-0.3, -0.25) is 4.79 Å². The first kappa shape index (κ1) is 22.5. The Morgan fingerprint density at radius 3 is 2.64 bits per heavy atom. The van der Waals surface area contributed by atoms with Gasteiger partial charge in [-0.05, 0) is 49.8 Å². The fourth-order valence-electron chi connectivity index (χ4n) is 3.92. The van der Waals surface area contributed by atoms with Crippen molar-refractivity contribution in [3.05, 3.63) is 47.5 Å². The van der Waals surface area contributed by atoms with Crippen molar-refractivity contribution in [2.24, 2.45) is 5.41 Å². The smallest absolute Gasteiger partial charge is 0.328 e. The van der Waals surface area contributed by atoms with Crippen molar-refractivity contribution in [1.82, 2.24) is 4.90 Å². The molecule has 3 atom stereocenters. The van der Waals surface area contributed by atoms with Crippen LogP contribution >= 0.6 is 11.6 Å². The van der Waals surface area contributed by atoms with Crippen molar-refractivity contribution in [2.75, 3.05) is 6.61 Å². The molecule has 5 heteroatoms. The van der Waals surface area contributed by atoms with E-state index in [1.807, 2.05) is 38.1 Å². The standard InChI is InChI=1S/C23H32ClNO3/c1-5-8-16-28-21(26)19(7-3)25-20(17-9-11-18(24)12-10-17)13-15-23(4,14-6-2)22(25)27/h6,9-12,19-20H,2,5,7-8,13-16H2,1,3-4H3/t19?,20-,23?/m0/s1. The quantitative estimate of drug-likeness (QED) is 0.300. The van der Waals surface area contributed by atoms with Crippen LogP contribution in [-0.4, -0.2) is 29.4 Å². The van der Waals surface area contributed by atoms with E-state index in [0.29, 0.717) is 24.5 Å². The fraction of sp³-hybridized carbons (Fsp3) is 0.565. The molecule has 1 saturated heterocycles. The van der Waals surface area contributed by atoms with Gasteiger partial charge in [-0.25, -0.2) is 4.79 Å². The molecule has 2 rings (SSSR count). The molecule has 1 aromatic rings. The molecule has 0 N–H and O–H groups in total. The summed E-state index contributed by atoms with van der Waals surface area (Å²) in [4.78, 5) is 28.2. The van der Waals surface area contributed by atoms with Gasteiger partial charge in [-0.15, -0.1) is 6.58 Å². The maximum Gasteiger partial charge on any atom is 0.328 e. The molecule has 0 bridgehead atoms. The van der Waals surface area contributed by atoms with Crippen LogP contribution in [0.1, 0.15) is 70.9 Å². The van der Waals surface area contributed by atoms with Crippen LogP contribution < -0.4 is 0 Å². The number of hydrogen-bond acceptors (Lipinski definition) is 3. The molecule has 1 aliphatic rings. The largest absolute Gasteiger partial charge is 0.464 e. The third-order valence-corrected chi connectivity index (χ3v) is 5.89. The molecule has 154 valence electrons. The molecule has 0 saturated carbocycles. The maximum atomic E-state index is 13.6. The lowest BCUT2D eigenvalue weighted by atomic mass is 9.74. The van der Waals surface area contributed by atoms with E-state index in [1.165, 1.54) is 0 Å². The van der Waals surface area contributed by atoms with Crippen molar-refractivity contribution < 1.29 is 14.3 Å². The lowest BCUT2D eigenvalue weighted by Crippen LogP contribution is -2.55. The summed E-state index contributed by atoms with van der Waals surface area (Å²) in [5.74, 6) is -0.316. The number of allylic oxidation sites excluding steroid dienone is 1. The van der Waals surface area contributed by atoms with E-state index in [1.54, 1.807) is 11.0 Å². The van der Waals surface area contributed by atoms with E-state index in [0.717, 1.165) is 31.2 Å². The minimum atomic E-state index is -0.588. The predicted molar refractivity (Wildman–Crippen MR) is 113 cm³/mol. The average Bonchev–Trinajstić information content (AvgIpc) is 2.67. The number of likely N-dealkylation sites (tertiary alicyclic amines) is 1. The number of benzene rings is 1. The first-order valence-electron chi connectivity index (χ1n) is 10.2. The second-order valence-electron chi connectivity index (χ2n) is 7.82. The number of unbranched alkanes of at least 4 members (excludes halogenated alkanes) is 1. The Labute approximate surface area is 173 Å². The Morgan fingerprint density at radius 1 is 1.39 bits per heavy atom. The van der Waals surface area contributed by atoms with Crippen molar-refractivity contribution in [3.63, 3.8) is 0 Å². The van der Waals surface area contributed by atoms with Gasteiger partial charge in [-0.2, -0.15) is 0 Å². The molecule has 0 aromatic heterocycles. The Kier molecular flexibility index (Phi) is 8.11. The maximum absolute atomic E-state index is 13.6. The zero-order valence-electron chi connectivity index (χ0n) is 17.2. The number of esters is 1. The van der Waals surface area contributed by atoms with Crippen LogP contribution in [0, 0.1) is 5.41 Å². The summed E-state index contributed by atoms with van der Waals surface area (Å²) in [6, 6.07) is 6.80. The summed E-state index contributed by atoms with van der Waals surface area (Å²) >= 11 is 6.05. The van der Waals surface area contributed by atoms with E-state index >= 15 is 0 Å². The highest BCUT2D eigenvalue weighted by Gasteiger charge is 2.47. The molecule has 2 unspecified atom stereocenters. The van der Waals surface area contributed by atoms with Crippen LogP contribution in [0.3, 0.4) is 0 Å². The van der Waals surface area contributed by atoms with Gasteiger partial charge in [0.1, 0.15) is 6.04 Å². The summed E-state index contributed by atoms with van der Waals surface area (Å²) in [6.07, 6.45) is 6.23. The number of nitrogens with zero attached hydrogens (tertiary/aromatic N) is 1. The molecule has 4 nitrogen and oxygen atoms in total. The van der Waals surface area contributed by atoms with E-state index in [-0.39, 0.29) is 17.9 Å². The Bertz CT molecular complexity index is 688. The van der Waals surface area contributed by atoms with Gasteiger partial charge in [0.2, 0.25) is 5.91 Å². The van der Waals surface area contributed by atoms with E-state index in [9.17, 15) is 9.59 Å². The zero-order valence-corrected chi connectivity index (χ0v) is 18.0. The second-order valence-corrected chi connectivity index (χ2v) is 8.25. The van der Waals surface area contributed by atoms with Crippen LogP contribution in [0.4, 0.5) is 0 Å². The Hall–Kier alpha value is -1.81. The number of rotatable bonds is 9. The molecule has 0 aliphatic carbocycles. The minimum Gasteiger partial charge on any atom is -0.464 e. The number of amides is 1. The van der Waals surface area contributed by atoms with Crippen LogP contribution in [-0.2, 0) is 14.3 Å². The molecule has 1 heterocycles. The minimum absolute atomic E-state index is 0.00195. The molecule has 1 aliphatic heterocycles. The van der Waals surface area contributed by atoms with Gasteiger partial charge < -0.3 is 9.64 Å². The van der Waals surface area contributed by atoms with Gasteiger partial charge in [0.05, 0.1) is 18.1 Å². The van der Waals surface area contributed by atoms with Crippen molar-refractivity contribution in [1.29, 1.82) is 0 Å². The second kappa shape index (κ2) is 10.1. The molecular weight excluding hydrogens is 374 g/mol. The number of ether oxygens (including phenoxy) is 1. The number of piperidine rings is 1. The van der Waals surface area contributed by atoms with Crippen LogP contribution in [0.25, 0.3) is 0 Å². The van der Waals surface area contributed by atoms with Crippen molar-refractivity contribution in [3.8, 4) is 0 Å². The van der Waals surface area contributed by atoms with Gasteiger partial charge in [-0.1, -0.05) is 57.0 Å². The summed E-state index contributed by atoms with van der Waals surface area (Å²) in [6.45, 7) is 10.2. The van der Waals surface area contributed by atoms with Crippen LogP contribution in [0.2, 0.25) is 5.02 Å². The third-order valence-electron chi connectivity index (χ3n) is 5.64. The van der Waals surface area contributed by atoms with Crippen LogP contribution in [0.15, 0.2) is 36.9 Å². The molecule has 1 fully saturated rings. The normalized spacial score (nSPS) is 23.4. The SMILES string of the molecule is C=CCC1(C)CC[C@@H](c2ccc(Cl)cc2)N(C(CC)C(=O)OCCCC)C1=O. The lowest BCUT2D eigenvalue weighted by molar-refractivity contribution is -0.165. The van der Waals surface area contributed by atoms with E-state index in [2.05, 4.69) is 13.5 Å². The highest BCUT2D eigenvalue weighted by atomic mass is 35.5. The zero-order chi connectivity index (χ0) is 20.7. The number of hydrogen-bond donors (Lipinski definition) is 0. The molecule has 0 spiro atoms. The highest BCUT2D eigenvalue weighted by molar-refractivity contribution is 6.30. The van der Waals surface area contributed by atoms with Gasteiger partial charge in [0.15, 0.2) is 0 Å². The van der Waals surface area contributed by atoms with Gasteiger partial charge in [0.25, 0.3) is 0 Å². The number of carbonyl (C=O) groups excluding carboxylic acids is 2. The van der Waals surface area contributed by atoms with Gasteiger partial charge in [0, 0.05) is 5.02 Å². The van der Waals surface area contributed by atoms with Crippen molar-refractivity contribution >= 4 is 23.5 Å².